The van der Waals surface area contributed by atoms with E-state index in [0.29, 0.717) is 5.82 Å². The van der Waals surface area contributed by atoms with E-state index in [1.165, 1.54) is 19.3 Å². The molecule has 0 atom stereocenters. The molecule has 0 saturated heterocycles. The van der Waals surface area contributed by atoms with Crippen LogP contribution in [0.5, 0.6) is 5.75 Å². The Kier molecular flexibility index (Phi) is 3.15. The summed E-state index contributed by atoms with van der Waals surface area (Å²) in [5, 5.41) is 7.26. The van der Waals surface area contributed by atoms with E-state index < -0.39 is 0 Å². The molecule has 100 valence electrons. The maximum absolute atomic E-state index is 6.01. The van der Waals surface area contributed by atoms with Crippen LogP contribution in [0.3, 0.4) is 0 Å². The first-order valence-electron chi connectivity index (χ1n) is 6.75. The average Bonchev–Trinajstić information content (AvgIpc) is 2.75. The first-order valence-corrected chi connectivity index (χ1v) is 6.75. The Hall–Kier alpha value is -1.97. The quantitative estimate of drug-likeness (QED) is 0.885. The minimum absolute atomic E-state index is 0.583. The molecular formula is C15H19N3O. The van der Waals surface area contributed by atoms with Crippen LogP contribution in [0.4, 0.5) is 5.82 Å². The van der Waals surface area contributed by atoms with E-state index in [9.17, 15) is 0 Å². The lowest BCUT2D eigenvalue weighted by atomic mass is 9.81. The van der Waals surface area contributed by atoms with Crippen molar-refractivity contribution in [3.05, 3.63) is 30.0 Å². The van der Waals surface area contributed by atoms with Crippen molar-refractivity contribution in [2.75, 3.05) is 12.8 Å². The minimum Gasteiger partial charge on any atom is -0.497 e. The fourth-order valence-corrected chi connectivity index (χ4v) is 2.61. The number of nitrogen functional groups attached to an aromatic ring is 1. The summed E-state index contributed by atoms with van der Waals surface area (Å²) in [5.41, 5.74) is 9.31. The van der Waals surface area contributed by atoms with Gasteiger partial charge in [-0.15, -0.1) is 0 Å². The van der Waals surface area contributed by atoms with Gasteiger partial charge in [-0.3, -0.25) is 5.10 Å². The molecule has 4 heteroatoms. The Bertz CT molecular complexity index is 555. The molecule has 0 bridgehead atoms. The molecule has 1 aromatic heterocycles. The van der Waals surface area contributed by atoms with E-state index in [1.807, 2.05) is 24.3 Å². The Morgan fingerprint density at radius 2 is 2.05 bits per heavy atom. The van der Waals surface area contributed by atoms with Crippen molar-refractivity contribution >= 4 is 5.82 Å². The molecule has 1 aliphatic carbocycles. The number of ether oxygens (including phenoxy) is 1. The molecule has 2 aromatic rings. The second-order valence-corrected chi connectivity index (χ2v) is 5.19. The number of H-pyrrole nitrogens is 1. The summed E-state index contributed by atoms with van der Waals surface area (Å²) in [6.07, 6.45) is 5.04. The fourth-order valence-electron chi connectivity index (χ4n) is 2.61. The average molecular weight is 257 g/mol. The summed E-state index contributed by atoms with van der Waals surface area (Å²) >= 11 is 0. The predicted molar refractivity (Wildman–Crippen MR) is 76.0 cm³/mol. The zero-order valence-electron chi connectivity index (χ0n) is 11.1. The van der Waals surface area contributed by atoms with E-state index in [2.05, 4.69) is 10.2 Å². The minimum atomic E-state index is 0.583. The number of aromatic nitrogens is 2. The molecule has 0 radical (unpaired) electrons. The standard InChI is InChI=1S/C15H19N3O/c1-19-12-7-5-11(6-8-12)14-13(17-18-15(14)16)9-10-3-2-4-10/h5-8,10H,2-4,9H2,1H3,(H3,16,17,18). The summed E-state index contributed by atoms with van der Waals surface area (Å²) < 4.78 is 5.18. The number of aromatic amines is 1. The van der Waals surface area contributed by atoms with Gasteiger partial charge in [0.1, 0.15) is 5.75 Å². The number of nitrogens with one attached hydrogen (secondary N) is 1. The normalized spacial score (nSPS) is 15.2. The third-order valence-corrected chi connectivity index (χ3v) is 3.97. The molecule has 1 saturated carbocycles. The second kappa shape index (κ2) is 4.96. The molecule has 0 aliphatic heterocycles. The molecule has 1 aromatic carbocycles. The third-order valence-electron chi connectivity index (χ3n) is 3.97. The number of hydrogen-bond acceptors (Lipinski definition) is 3. The lowest BCUT2D eigenvalue weighted by molar-refractivity contribution is 0.312. The van der Waals surface area contributed by atoms with Crippen molar-refractivity contribution in [2.24, 2.45) is 5.92 Å². The van der Waals surface area contributed by atoms with Crippen LogP contribution in [0, 0.1) is 5.92 Å². The molecule has 4 nitrogen and oxygen atoms in total. The summed E-state index contributed by atoms with van der Waals surface area (Å²) in [6, 6.07) is 7.97. The van der Waals surface area contributed by atoms with Crippen molar-refractivity contribution in [1.29, 1.82) is 0 Å². The van der Waals surface area contributed by atoms with Gasteiger partial charge in [0.2, 0.25) is 0 Å². The Labute approximate surface area is 113 Å². The number of nitrogens with zero attached hydrogens (tertiary/aromatic N) is 1. The number of rotatable bonds is 4. The van der Waals surface area contributed by atoms with Crippen LogP contribution in [0.1, 0.15) is 25.0 Å². The van der Waals surface area contributed by atoms with Crippen LogP contribution in [0.15, 0.2) is 24.3 Å². The highest BCUT2D eigenvalue weighted by Gasteiger charge is 2.22. The highest BCUT2D eigenvalue weighted by molar-refractivity contribution is 5.76. The topological polar surface area (TPSA) is 63.9 Å². The number of benzene rings is 1. The molecule has 1 aliphatic rings. The number of anilines is 1. The first kappa shape index (κ1) is 12.1. The van der Waals surface area contributed by atoms with Gasteiger partial charge in [-0.25, -0.2) is 0 Å². The third kappa shape index (κ3) is 2.30. The number of nitrogens with two attached hydrogens (primary N) is 1. The second-order valence-electron chi connectivity index (χ2n) is 5.19. The van der Waals surface area contributed by atoms with Crippen molar-refractivity contribution in [2.45, 2.75) is 25.7 Å². The molecule has 0 amide bonds. The highest BCUT2D eigenvalue weighted by atomic mass is 16.5. The predicted octanol–water partition coefficient (Wildman–Crippen LogP) is 3.01. The smallest absolute Gasteiger partial charge is 0.153 e. The largest absolute Gasteiger partial charge is 0.497 e. The fraction of sp³-hybridized carbons (Fsp3) is 0.400. The Balaban J connectivity index is 1.90. The van der Waals surface area contributed by atoms with Crippen molar-refractivity contribution < 1.29 is 4.74 Å². The van der Waals surface area contributed by atoms with Gasteiger partial charge in [0.25, 0.3) is 0 Å². The number of methoxy groups -OCH3 is 1. The van der Waals surface area contributed by atoms with E-state index in [0.717, 1.165) is 34.9 Å². The molecule has 0 spiro atoms. The number of hydrogen-bond donors (Lipinski definition) is 2. The summed E-state index contributed by atoms with van der Waals surface area (Å²) in [5.74, 6) is 2.22. The van der Waals surface area contributed by atoms with Gasteiger partial charge in [0, 0.05) is 11.3 Å². The van der Waals surface area contributed by atoms with Gasteiger partial charge in [0.05, 0.1) is 7.11 Å². The SMILES string of the molecule is COc1ccc(-c2c(N)n[nH]c2CC2CCC2)cc1. The van der Waals surface area contributed by atoms with E-state index in [4.69, 9.17) is 10.5 Å². The van der Waals surface area contributed by atoms with Gasteiger partial charge in [-0.2, -0.15) is 5.10 Å². The summed E-state index contributed by atoms with van der Waals surface area (Å²) in [6.45, 7) is 0. The van der Waals surface area contributed by atoms with Crippen LogP contribution in [0.2, 0.25) is 0 Å². The lowest BCUT2D eigenvalue weighted by Crippen LogP contribution is -2.14. The zero-order valence-corrected chi connectivity index (χ0v) is 11.1. The Morgan fingerprint density at radius 3 is 2.63 bits per heavy atom. The van der Waals surface area contributed by atoms with Crippen molar-refractivity contribution in [3.8, 4) is 16.9 Å². The van der Waals surface area contributed by atoms with Gasteiger partial charge >= 0.3 is 0 Å². The van der Waals surface area contributed by atoms with Crippen molar-refractivity contribution in [1.82, 2.24) is 10.2 Å². The van der Waals surface area contributed by atoms with Crippen LogP contribution < -0.4 is 10.5 Å². The van der Waals surface area contributed by atoms with Crippen LogP contribution in [0.25, 0.3) is 11.1 Å². The summed E-state index contributed by atoms with van der Waals surface area (Å²) in [7, 11) is 1.67. The van der Waals surface area contributed by atoms with Gasteiger partial charge in [-0.05, 0) is 30.0 Å². The molecule has 3 N–H and O–H groups in total. The molecule has 0 unspecified atom stereocenters. The van der Waals surface area contributed by atoms with E-state index in [1.54, 1.807) is 7.11 Å². The van der Waals surface area contributed by atoms with Crippen LogP contribution in [-0.2, 0) is 6.42 Å². The summed E-state index contributed by atoms with van der Waals surface area (Å²) in [4.78, 5) is 0. The Morgan fingerprint density at radius 1 is 1.32 bits per heavy atom. The van der Waals surface area contributed by atoms with Gasteiger partial charge in [-0.1, -0.05) is 31.4 Å². The first-order chi connectivity index (χ1) is 9.28. The highest BCUT2D eigenvalue weighted by Crippen LogP contribution is 2.35. The molecule has 3 rings (SSSR count). The molecular weight excluding hydrogens is 238 g/mol. The molecule has 1 heterocycles. The van der Waals surface area contributed by atoms with Crippen LogP contribution in [-0.4, -0.2) is 17.3 Å². The van der Waals surface area contributed by atoms with Gasteiger partial charge in [0.15, 0.2) is 5.82 Å². The maximum atomic E-state index is 6.01. The van der Waals surface area contributed by atoms with E-state index in [-0.39, 0.29) is 0 Å². The lowest BCUT2D eigenvalue weighted by Gasteiger charge is -2.25. The van der Waals surface area contributed by atoms with Crippen molar-refractivity contribution in [3.63, 3.8) is 0 Å². The maximum Gasteiger partial charge on any atom is 0.153 e. The van der Waals surface area contributed by atoms with Crippen LogP contribution >= 0.6 is 0 Å². The monoisotopic (exact) mass is 257 g/mol. The molecule has 1 fully saturated rings. The van der Waals surface area contributed by atoms with Gasteiger partial charge < -0.3 is 10.5 Å². The van der Waals surface area contributed by atoms with E-state index >= 15 is 0 Å². The molecule has 19 heavy (non-hydrogen) atoms. The zero-order chi connectivity index (χ0) is 13.2.